The lowest BCUT2D eigenvalue weighted by atomic mass is 10.1. The minimum atomic E-state index is 0.223. The second kappa shape index (κ2) is 8.95. The van der Waals surface area contributed by atoms with Gasteiger partial charge in [0.1, 0.15) is 0 Å². The molecule has 4 nitrogen and oxygen atoms in total. The molecule has 0 bridgehead atoms. The van der Waals surface area contributed by atoms with Crippen molar-refractivity contribution in [1.29, 1.82) is 0 Å². The van der Waals surface area contributed by atoms with Crippen molar-refractivity contribution in [2.45, 2.75) is 25.9 Å². The Bertz CT molecular complexity index is 708. The topological polar surface area (TPSA) is 30.5 Å². The van der Waals surface area contributed by atoms with E-state index in [4.69, 9.17) is 12.2 Å². The predicted molar refractivity (Wildman–Crippen MR) is 116 cm³/mol. The van der Waals surface area contributed by atoms with Crippen LogP contribution in [0, 0.1) is 6.92 Å². The van der Waals surface area contributed by atoms with E-state index in [0.717, 1.165) is 31.9 Å². The van der Waals surface area contributed by atoms with E-state index in [1.54, 1.807) is 0 Å². The number of benzene rings is 1. The van der Waals surface area contributed by atoms with Gasteiger partial charge >= 0.3 is 0 Å². The fraction of sp³-hybridized carbons (Fsp3) is 0.450. The molecule has 140 valence electrons. The molecule has 0 spiro atoms. The van der Waals surface area contributed by atoms with E-state index < -0.39 is 0 Å². The highest BCUT2D eigenvalue weighted by atomic mass is 32.1. The number of piperazine rings is 1. The van der Waals surface area contributed by atoms with Crippen LogP contribution in [0.1, 0.15) is 23.4 Å². The molecule has 3 rings (SSSR count). The summed E-state index contributed by atoms with van der Waals surface area (Å²) in [5.74, 6) is 0. The molecule has 1 fully saturated rings. The molecule has 1 aliphatic rings. The average molecular weight is 389 g/mol. The van der Waals surface area contributed by atoms with Crippen LogP contribution in [0.4, 0.5) is 5.69 Å². The van der Waals surface area contributed by atoms with Crippen LogP contribution in [-0.2, 0) is 0 Å². The van der Waals surface area contributed by atoms with Gasteiger partial charge in [-0.15, -0.1) is 11.3 Å². The van der Waals surface area contributed by atoms with Gasteiger partial charge in [0.05, 0.1) is 6.04 Å². The third kappa shape index (κ3) is 4.82. The van der Waals surface area contributed by atoms with Crippen LogP contribution in [0.2, 0.25) is 0 Å². The fourth-order valence-corrected chi connectivity index (χ4v) is 4.72. The number of para-hydroxylation sites is 1. The van der Waals surface area contributed by atoms with E-state index in [-0.39, 0.29) is 6.04 Å². The lowest BCUT2D eigenvalue weighted by Crippen LogP contribution is -2.51. The van der Waals surface area contributed by atoms with Gasteiger partial charge in [-0.1, -0.05) is 24.3 Å². The van der Waals surface area contributed by atoms with Gasteiger partial charge in [0, 0.05) is 42.8 Å². The van der Waals surface area contributed by atoms with Crippen molar-refractivity contribution in [3.05, 3.63) is 52.2 Å². The maximum atomic E-state index is 5.60. The Balaban J connectivity index is 1.68. The van der Waals surface area contributed by atoms with Crippen molar-refractivity contribution < 1.29 is 0 Å². The summed E-state index contributed by atoms with van der Waals surface area (Å²) < 4.78 is 0. The summed E-state index contributed by atoms with van der Waals surface area (Å²) in [7, 11) is 2.19. The molecule has 2 heterocycles. The molecule has 0 saturated carbocycles. The van der Waals surface area contributed by atoms with Crippen molar-refractivity contribution >= 4 is 34.4 Å². The summed E-state index contributed by atoms with van der Waals surface area (Å²) in [6.45, 7) is 8.72. The number of thiophene rings is 1. The quantitative estimate of drug-likeness (QED) is 0.763. The van der Waals surface area contributed by atoms with E-state index >= 15 is 0 Å². The van der Waals surface area contributed by atoms with Crippen molar-refractivity contribution in [3.63, 3.8) is 0 Å². The molecule has 6 heteroatoms. The molecule has 1 saturated heterocycles. The first-order chi connectivity index (χ1) is 12.5. The van der Waals surface area contributed by atoms with Crippen molar-refractivity contribution in [1.82, 2.24) is 15.1 Å². The van der Waals surface area contributed by atoms with Crippen LogP contribution in [0.3, 0.4) is 0 Å². The van der Waals surface area contributed by atoms with Gasteiger partial charge in [0.15, 0.2) is 5.11 Å². The SMILES string of the molecule is Cc1ccccc1NC(=S)N[C@@H](C)[C@H](c1cccs1)N1CCN(C)CC1. The molecule has 0 amide bonds. The van der Waals surface area contributed by atoms with Crippen molar-refractivity contribution in [2.75, 3.05) is 38.5 Å². The number of thiocarbonyl (C=S) groups is 1. The van der Waals surface area contributed by atoms with Gasteiger partial charge in [-0.25, -0.2) is 0 Å². The molecule has 0 unspecified atom stereocenters. The molecule has 2 aromatic rings. The lowest BCUT2D eigenvalue weighted by Gasteiger charge is -2.40. The Labute approximate surface area is 166 Å². The fourth-order valence-electron chi connectivity index (χ4n) is 3.46. The average Bonchev–Trinajstić information content (AvgIpc) is 3.13. The van der Waals surface area contributed by atoms with Gasteiger partial charge in [-0.2, -0.15) is 0 Å². The Hall–Kier alpha value is -1.47. The first-order valence-corrected chi connectivity index (χ1v) is 10.4. The highest BCUT2D eigenvalue weighted by Crippen LogP contribution is 2.29. The summed E-state index contributed by atoms with van der Waals surface area (Å²) >= 11 is 7.42. The van der Waals surface area contributed by atoms with E-state index in [2.05, 4.69) is 71.0 Å². The molecule has 2 N–H and O–H groups in total. The predicted octanol–water partition coefficient (Wildman–Crippen LogP) is 3.72. The monoisotopic (exact) mass is 388 g/mol. The largest absolute Gasteiger partial charge is 0.358 e. The summed E-state index contributed by atoms with van der Waals surface area (Å²) in [4.78, 5) is 6.37. The van der Waals surface area contributed by atoms with Crippen LogP contribution in [-0.4, -0.2) is 54.2 Å². The molecule has 0 aliphatic carbocycles. The van der Waals surface area contributed by atoms with Gasteiger partial charge in [-0.05, 0) is 56.2 Å². The van der Waals surface area contributed by atoms with E-state index in [1.165, 1.54) is 10.4 Å². The molecule has 0 radical (unpaired) electrons. The second-order valence-electron chi connectivity index (χ2n) is 7.00. The zero-order chi connectivity index (χ0) is 18.5. The zero-order valence-corrected chi connectivity index (χ0v) is 17.4. The number of hydrogen-bond donors (Lipinski definition) is 2. The molecule has 1 aromatic heterocycles. The number of likely N-dealkylation sites (N-methyl/N-ethyl adjacent to an activating group) is 1. The minimum absolute atomic E-state index is 0.223. The van der Waals surface area contributed by atoms with E-state index in [0.29, 0.717) is 11.2 Å². The zero-order valence-electron chi connectivity index (χ0n) is 15.7. The van der Waals surface area contributed by atoms with Crippen LogP contribution in [0.25, 0.3) is 0 Å². The van der Waals surface area contributed by atoms with Gasteiger partial charge in [-0.3, -0.25) is 4.90 Å². The molecule has 26 heavy (non-hydrogen) atoms. The molecular weight excluding hydrogens is 360 g/mol. The standard InChI is InChI=1S/C20H28N4S2/c1-15-7-4-5-8-17(15)22-20(25)21-16(2)19(18-9-6-14-26-18)24-12-10-23(3)11-13-24/h4-9,14,16,19H,10-13H2,1-3H3,(H2,21,22,25)/t16-,19+/m0/s1. The van der Waals surface area contributed by atoms with Crippen LogP contribution >= 0.6 is 23.6 Å². The van der Waals surface area contributed by atoms with E-state index in [9.17, 15) is 0 Å². The Morgan fingerprint density at radius 3 is 2.50 bits per heavy atom. The van der Waals surface area contributed by atoms with Crippen LogP contribution in [0.15, 0.2) is 41.8 Å². The summed E-state index contributed by atoms with van der Waals surface area (Å²) in [5.41, 5.74) is 2.25. The van der Waals surface area contributed by atoms with Gasteiger partial charge in [0.25, 0.3) is 0 Å². The summed E-state index contributed by atoms with van der Waals surface area (Å²) in [6.07, 6.45) is 0. The van der Waals surface area contributed by atoms with E-state index in [1.807, 2.05) is 23.5 Å². The number of nitrogens with one attached hydrogen (secondary N) is 2. The minimum Gasteiger partial charge on any atom is -0.358 e. The van der Waals surface area contributed by atoms with Crippen molar-refractivity contribution in [3.8, 4) is 0 Å². The number of nitrogens with zero attached hydrogens (tertiary/aromatic N) is 2. The third-order valence-electron chi connectivity index (χ3n) is 4.99. The third-order valence-corrected chi connectivity index (χ3v) is 6.15. The molecule has 2 atom stereocenters. The number of anilines is 1. The highest BCUT2D eigenvalue weighted by Gasteiger charge is 2.29. The van der Waals surface area contributed by atoms with Gasteiger partial charge in [0.2, 0.25) is 0 Å². The number of hydrogen-bond acceptors (Lipinski definition) is 4. The first-order valence-electron chi connectivity index (χ1n) is 9.14. The summed E-state index contributed by atoms with van der Waals surface area (Å²) in [5, 5.41) is 9.72. The normalized spacial score (nSPS) is 18.3. The summed E-state index contributed by atoms with van der Waals surface area (Å²) in [6, 6.07) is 13.2. The molecular formula is C20H28N4S2. The second-order valence-corrected chi connectivity index (χ2v) is 8.39. The van der Waals surface area contributed by atoms with Gasteiger partial charge < -0.3 is 15.5 Å². The van der Waals surface area contributed by atoms with Crippen LogP contribution < -0.4 is 10.6 Å². The number of aryl methyl sites for hydroxylation is 1. The first kappa shape index (κ1) is 19.3. The maximum absolute atomic E-state index is 5.60. The van der Waals surface area contributed by atoms with Crippen LogP contribution in [0.5, 0.6) is 0 Å². The highest BCUT2D eigenvalue weighted by molar-refractivity contribution is 7.80. The number of rotatable bonds is 5. The Morgan fingerprint density at radius 2 is 1.85 bits per heavy atom. The Morgan fingerprint density at radius 1 is 1.12 bits per heavy atom. The molecule has 1 aliphatic heterocycles. The lowest BCUT2D eigenvalue weighted by molar-refractivity contribution is 0.0990. The van der Waals surface area contributed by atoms with Crippen molar-refractivity contribution in [2.24, 2.45) is 0 Å². The Kier molecular flexibility index (Phi) is 6.64. The maximum Gasteiger partial charge on any atom is 0.171 e. The molecule has 1 aromatic carbocycles. The smallest absolute Gasteiger partial charge is 0.171 e.